The van der Waals surface area contributed by atoms with Crippen LogP contribution in [0, 0.1) is 5.92 Å². The number of aliphatic hydroxyl groups is 2. The molecule has 0 aromatic rings. The number of rotatable bonds is 5. The molecule has 0 aromatic carbocycles. The number of carbonyl (C=O) groups is 11. The number of nitrogens with zero attached hydrogens (tertiary/aromatic N) is 6. The van der Waals surface area contributed by atoms with Gasteiger partial charge in [-0.15, -0.1) is 0 Å². The largest absolute Gasteiger partial charge is 0.391 e. The number of hydrogen-bond acceptors (Lipinski definition) is 13. The number of amides is 11. The van der Waals surface area contributed by atoms with Crippen LogP contribution in [0.5, 0.6) is 0 Å². The minimum Gasteiger partial charge on any atom is -0.391 e. The van der Waals surface area contributed by atoms with E-state index in [1.165, 1.54) is 105 Å². The lowest BCUT2D eigenvalue weighted by Crippen LogP contribution is -2.63. The van der Waals surface area contributed by atoms with Gasteiger partial charge in [0.2, 0.25) is 65.0 Å². The molecule has 390 valence electrons. The molecule has 0 spiro atoms. The van der Waals surface area contributed by atoms with Gasteiger partial charge in [-0.3, -0.25) is 52.7 Å². The smallest absolute Gasteiger partial charge is 0.248 e. The number of nitrogens with one attached hydrogen (secondary N) is 5. The second-order valence-electron chi connectivity index (χ2n) is 18.1. The molecule has 24 nitrogen and oxygen atoms in total. The van der Waals surface area contributed by atoms with E-state index in [1.54, 1.807) is 26.0 Å². The van der Waals surface area contributed by atoms with Crippen molar-refractivity contribution in [2.45, 2.75) is 155 Å². The Hall–Kier alpha value is -6.17. The summed E-state index contributed by atoms with van der Waals surface area (Å²) < 4.78 is 0. The van der Waals surface area contributed by atoms with E-state index in [9.17, 15) is 63.0 Å². The molecule has 1 fully saturated rings. The van der Waals surface area contributed by atoms with Crippen LogP contribution < -0.4 is 26.6 Å². The Balaban J connectivity index is 3.76. The molecule has 1 aliphatic rings. The van der Waals surface area contributed by atoms with Crippen LogP contribution in [0.2, 0.25) is 0 Å². The highest BCUT2D eigenvalue weighted by Crippen LogP contribution is 2.19. The average Bonchev–Trinajstić information content (AvgIpc) is 3.30. The van der Waals surface area contributed by atoms with E-state index in [0.717, 1.165) is 29.4 Å². The predicted octanol–water partition coefficient (Wildman–Crippen LogP) is -3.48. The van der Waals surface area contributed by atoms with Gasteiger partial charge in [-0.1, -0.05) is 19.1 Å². The van der Waals surface area contributed by atoms with Crippen LogP contribution in [0.15, 0.2) is 12.2 Å². The lowest BCUT2D eigenvalue weighted by Gasteiger charge is -2.38. The molecule has 24 heteroatoms. The molecule has 0 aliphatic carbocycles. The molecule has 1 heterocycles. The van der Waals surface area contributed by atoms with Crippen LogP contribution in [-0.4, -0.2) is 226 Å². The summed E-state index contributed by atoms with van der Waals surface area (Å²) in [4.78, 5) is 155. The van der Waals surface area contributed by atoms with Crippen LogP contribution in [-0.2, 0) is 52.7 Å². The van der Waals surface area contributed by atoms with Crippen molar-refractivity contribution in [2.75, 3.05) is 48.8 Å². The summed E-state index contributed by atoms with van der Waals surface area (Å²) in [6, 6.07) is -13.2. The number of allylic oxidation sites excluding steroid dienone is 2. The van der Waals surface area contributed by atoms with Gasteiger partial charge in [0.15, 0.2) is 0 Å². The van der Waals surface area contributed by atoms with Crippen molar-refractivity contribution in [1.82, 2.24) is 56.0 Å². The van der Waals surface area contributed by atoms with Crippen LogP contribution >= 0.6 is 0 Å². The third-order valence-corrected chi connectivity index (χ3v) is 12.7. The first kappa shape index (κ1) is 60.8. The Bertz CT molecular complexity index is 1950. The minimum absolute atomic E-state index is 0.262. The highest BCUT2D eigenvalue weighted by atomic mass is 16.3. The fraction of sp³-hybridized carbons (Fsp3) is 0.711. The first-order valence-electron chi connectivity index (χ1n) is 22.8. The molecule has 1 rings (SSSR count). The molecule has 1 saturated heterocycles. The van der Waals surface area contributed by atoms with Gasteiger partial charge in [0.05, 0.1) is 18.8 Å². The standard InChI is InChI=1S/C45H77N11O13/c1-18-19-20-22(2)35(59)34-40(64)50-33(31(11)57)45(69)51(12)21-32(58)52(13)27(7)37(61)48-25(5)42(66)53(14)28(8)38(62)46-23(3)36(60)47-24(4)41(65)54(15)29(9)39(63)49-26(6)43(67)55(16)30(10)44(68)56(34)17/h18-19,22-31,33-35,57,59H,20-21H2,1-17H3,(H,46,62)(H,47,60)(H,48,61)(H,49,63)(H,50,64)/b19-18+/t22?,23?,24?,25?,26?,27-,28?,29?,30?,31?,33?,34?,35?/m0/s1. The second-order valence-corrected chi connectivity index (χ2v) is 18.1. The summed E-state index contributed by atoms with van der Waals surface area (Å²) in [5, 5.41) is 34.8. The zero-order valence-electron chi connectivity index (χ0n) is 43.1. The van der Waals surface area contributed by atoms with E-state index in [1.807, 2.05) is 0 Å². The van der Waals surface area contributed by atoms with E-state index in [0.29, 0.717) is 0 Å². The van der Waals surface area contributed by atoms with Gasteiger partial charge in [-0.25, -0.2) is 0 Å². The normalized spacial score (nSPS) is 30.2. The van der Waals surface area contributed by atoms with Gasteiger partial charge < -0.3 is 66.2 Å². The molecule has 12 unspecified atom stereocenters. The minimum atomic E-state index is -1.72. The molecule has 7 N–H and O–H groups in total. The Morgan fingerprint density at radius 3 is 1.28 bits per heavy atom. The molecule has 0 saturated carbocycles. The monoisotopic (exact) mass is 980 g/mol. The maximum Gasteiger partial charge on any atom is 0.248 e. The molecule has 0 bridgehead atoms. The van der Waals surface area contributed by atoms with Gasteiger partial charge >= 0.3 is 0 Å². The van der Waals surface area contributed by atoms with E-state index in [2.05, 4.69) is 26.6 Å². The van der Waals surface area contributed by atoms with Crippen LogP contribution in [0.1, 0.15) is 82.6 Å². The van der Waals surface area contributed by atoms with Gasteiger partial charge in [0.25, 0.3) is 0 Å². The molecule has 1 aliphatic heterocycles. The van der Waals surface area contributed by atoms with Crippen molar-refractivity contribution in [3.63, 3.8) is 0 Å². The number of carbonyl (C=O) groups excluding carboxylic acids is 11. The number of likely N-dealkylation sites (N-methyl/N-ethyl adjacent to an activating group) is 6. The van der Waals surface area contributed by atoms with Crippen LogP contribution in [0.25, 0.3) is 0 Å². The first-order chi connectivity index (χ1) is 31.8. The predicted molar refractivity (Wildman–Crippen MR) is 252 cm³/mol. The molecule has 11 amide bonds. The lowest BCUT2D eigenvalue weighted by atomic mass is 9.92. The van der Waals surface area contributed by atoms with E-state index in [-0.39, 0.29) is 6.42 Å². The Morgan fingerprint density at radius 2 is 0.870 bits per heavy atom. The van der Waals surface area contributed by atoms with Crippen LogP contribution in [0.3, 0.4) is 0 Å². The van der Waals surface area contributed by atoms with Crippen molar-refractivity contribution < 1.29 is 63.0 Å². The molecular weight excluding hydrogens is 903 g/mol. The third kappa shape index (κ3) is 15.9. The number of hydrogen-bond donors (Lipinski definition) is 7. The van der Waals surface area contributed by atoms with Gasteiger partial charge in [-0.05, 0) is 81.6 Å². The Morgan fingerprint density at radius 1 is 0.493 bits per heavy atom. The fourth-order valence-corrected chi connectivity index (χ4v) is 7.04. The topological polar surface area (TPSA) is 308 Å². The quantitative estimate of drug-likeness (QED) is 0.132. The molecular formula is C45H77N11O13. The van der Waals surface area contributed by atoms with Crippen molar-refractivity contribution in [3.05, 3.63) is 12.2 Å². The summed E-state index contributed by atoms with van der Waals surface area (Å²) in [5.41, 5.74) is 0. The maximum absolute atomic E-state index is 14.2. The lowest BCUT2D eigenvalue weighted by molar-refractivity contribution is -0.153. The summed E-state index contributed by atoms with van der Waals surface area (Å²) in [7, 11) is 7.60. The molecule has 69 heavy (non-hydrogen) atoms. The second kappa shape index (κ2) is 26.5. The van der Waals surface area contributed by atoms with Crippen molar-refractivity contribution in [3.8, 4) is 0 Å². The highest BCUT2D eigenvalue weighted by molar-refractivity contribution is 5.99. The molecule has 0 aromatic heterocycles. The van der Waals surface area contributed by atoms with Crippen molar-refractivity contribution in [1.29, 1.82) is 0 Å². The van der Waals surface area contributed by atoms with Gasteiger partial charge in [-0.2, -0.15) is 0 Å². The van der Waals surface area contributed by atoms with Gasteiger partial charge in [0, 0.05) is 42.3 Å². The molecule has 13 atom stereocenters. The fourth-order valence-electron chi connectivity index (χ4n) is 7.04. The van der Waals surface area contributed by atoms with E-state index < -0.39 is 150 Å². The zero-order chi connectivity index (χ0) is 53.7. The maximum atomic E-state index is 14.2. The summed E-state index contributed by atoms with van der Waals surface area (Å²) in [5.74, 6) is -9.50. The Kier molecular flexibility index (Phi) is 23.4. The van der Waals surface area contributed by atoms with Crippen LogP contribution in [0.4, 0.5) is 0 Å². The SMILES string of the molecule is C/C=C/CC(C)C(O)C1C(=O)NC(C(C)O)C(=O)N(C)CC(=O)N(C)[C@@H](C)C(=O)NC(C)C(=O)N(C)C(C)C(=O)NC(C)C(=O)NC(C)C(=O)N(C)C(C)C(=O)NC(C)C(=O)N(C)C(C)C(=O)N1C. The van der Waals surface area contributed by atoms with Crippen molar-refractivity contribution >= 4 is 65.0 Å². The zero-order valence-corrected chi connectivity index (χ0v) is 43.1. The summed E-state index contributed by atoms with van der Waals surface area (Å²) in [6.45, 7) is 14.8. The first-order valence-corrected chi connectivity index (χ1v) is 22.8. The Labute approximate surface area is 405 Å². The van der Waals surface area contributed by atoms with E-state index in [4.69, 9.17) is 0 Å². The van der Waals surface area contributed by atoms with E-state index >= 15 is 0 Å². The number of aliphatic hydroxyl groups excluding tert-OH is 2. The highest BCUT2D eigenvalue weighted by Gasteiger charge is 2.42. The third-order valence-electron chi connectivity index (χ3n) is 12.7. The average molecular weight is 980 g/mol. The summed E-state index contributed by atoms with van der Waals surface area (Å²) >= 11 is 0. The summed E-state index contributed by atoms with van der Waals surface area (Å²) in [6.07, 6.45) is 0.575. The molecule has 0 radical (unpaired) electrons. The van der Waals surface area contributed by atoms with Gasteiger partial charge in [0.1, 0.15) is 60.4 Å². The van der Waals surface area contributed by atoms with Crippen molar-refractivity contribution in [2.24, 2.45) is 5.92 Å².